The molecule has 0 saturated heterocycles. The normalized spacial score (nSPS) is 28.3. The van der Waals surface area contributed by atoms with Gasteiger partial charge < -0.3 is 15.3 Å². The van der Waals surface area contributed by atoms with Crippen LogP contribution in [0.15, 0.2) is 0 Å². The van der Waals surface area contributed by atoms with Gasteiger partial charge in [-0.2, -0.15) is 0 Å². The van der Waals surface area contributed by atoms with Crippen molar-refractivity contribution in [2.45, 2.75) is 44.2 Å². The summed E-state index contributed by atoms with van der Waals surface area (Å²) in [5.74, 6) is 0. The van der Waals surface area contributed by atoms with Crippen molar-refractivity contribution in [1.82, 2.24) is 10.2 Å². The second kappa shape index (κ2) is 6.38. The fourth-order valence-corrected chi connectivity index (χ4v) is 2.31. The third kappa shape index (κ3) is 3.56. The van der Waals surface area contributed by atoms with Crippen molar-refractivity contribution in [3.05, 3.63) is 0 Å². The Hall–Kier alpha value is -0.120. The lowest BCUT2D eigenvalue weighted by atomic mass is 9.90. The third-order valence-electron chi connectivity index (χ3n) is 3.40. The molecule has 0 unspecified atom stereocenters. The average molecular weight is 200 g/mol. The Bertz CT molecular complexity index is 144. The minimum Gasteiger partial charge on any atom is -0.396 e. The first-order valence-corrected chi connectivity index (χ1v) is 5.76. The van der Waals surface area contributed by atoms with Gasteiger partial charge in [0.1, 0.15) is 0 Å². The van der Waals surface area contributed by atoms with E-state index in [0.717, 1.165) is 25.0 Å². The van der Waals surface area contributed by atoms with Crippen LogP contribution in [0, 0.1) is 0 Å². The van der Waals surface area contributed by atoms with E-state index < -0.39 is 0 Å². The summed E-state index contributed by atoms with van der Waals surface area (Å²) in [4.78, 5) is 2.40. The highest BCUT2D eigenvalue weighted by Gasteiger charge is 2.22. The van der Waals surface area contributed by atoms with Crippen LogP contribution in [0.3, 0.4) is 0 Å². The predicted molar refractivity (Wildman–Crippen MR) is 59.4 cm³/mol. The predicted octanol–water partition coefficient (Wildman–Crippen LogP) is 0.831. The SMILES string of the molecule is CNC1CCC(N(C)CCCO)CC1. The molecule has 0 atom stereocenters. The molecule has 0 radical (unpaired) electrons. The van der Waals surface area contributed by atoms with Crippen molar-refractivity contribution in [3.8, 4) is 0 Å². The van der Waals surface area contributed by atoms with Gasteiger partial charge in [0.15, 0.2) is 0 Å². The highest BCUT2D eigenvalue weighted by Crippen LogP contribution is 2.22. The molecule has 0 aromatic heterocycles. The van der Waals surface area contributed by atoms with Crippen LogP contribution in [-0.4, -0.2) is 49.3 Å². The van der Waals surface area contributed by atoms with Crippen molar-refractivity contribution < 1.29 is 5.11 Å². The Labute approximate surface area is 87.5 Å². The van der Waals surface area contributed by atoms with Crippen LogP contribution >= 0.6 is 0 Å². The molecule has 0 aliphatic heterocycles. The summed E-state index contributed by atoms with van der Waals surface area (Å²) in [5, 5.41) is 12.1. The van der Waals surface area contributed by atoms with E-state index in [1.807, 2.05) is 0 Å². The zero-order valence-electron chi connectivity index (χ0n) is 9.50. The number of aliphatic hydroxyl groups excluding tert-OH is 1. The first-order valence-electron chi connectivity index (χ1n) is 5.76. The van der Waals surface area contributed by atoms with Crippen molar-refractivity contribution in [3.63, 3.8) is 0 Å². The maximum Gasteiger partial charge on any atom is 0.0443 e. The third-order valence-corrected chi connectivity index (χ3v) is 3.40. The van der Waals surface area contributed by atoms with Gasteiger partial charge in [0.2, 0.25) is 0 Å². The van der Waals surface area contributed by atoms with Crippen LogP contribution in [0.5, 0.6) is 0 Å². The van der Waals surface area contributed by atoms with Crippen molar-refractivity contribution in [2.75, 3.05) is 27.2 Å². The largest absolute Gasteiger partial charge is 0.396 e. The lowest BCUT2D eigenvalue weighted by molar-refractivity contribution is 0.161. The van der Waals surface area contributed by atoms with E-state index >= 15 is 0 Å². The summed E-state index contributed by atoms with van der Waals surface area (Å²) >= 11 is 0. The Morgan fingerprint density at radius 3 is 2.43 bits per heavy atom. The summed E-state index contributed by atoms with van der Waals surface area (Å²) < 4.78 is 0. The number of rotatable bonds is 5. The molecule has 14 heavy (non-hydrogen) atoms. The first kappa shape index (κ1) is 12.0. The van der Waals surface area contributed by atoms with Gasteiger partial charge in [0, 0.05) is 25.2 Å². The molecule has 1 aliphatic carbocycles. The molecular weight excluding hydrogens is 176 g/mol. The Morgan fingerprint density at radius 1 is 1.29 bits per heavy atom. The number of hydrogen-bond acceptors (Lipinski definition) is 3. The van der Waals surface area contributed by atoms with E-state index in [2.05, 4.69) is 24.3 Å². The molecule has 2 N–H and O–H groups in total. The topological polar surface area (TPSA) is 35.5 Å². The first-order chi connectivity index (χ1) is 6.77. The van der Waals surface area contributed by atoms with E-state index in [9.17, 15) is 0 Å². The maximum atomic E-state index is 8.76. The molecule has 1 saturated carbocycles. The van der Waals surface area contributed by atoms with Crippen LogP contribution in [0.1, 0.15) is 32.1 Å². The summed E-state index contributed by atoms with van der Waals surface area (Å²) in [6, 6.07) is 1.48. The van der Waals surface area contributed by atoms with E-state index in [1.54, 1.807) is 0 Å². The van der Waals surface area contributed by atoms with Crippen LogP contribution in [-0.2, 0) is 0 Å². The smallest absolute Gasteiger partial charge is 0.0443 e. The van der Waals surface area contributed by atoms with Gasteiger partial charge in [-0.3, -0.25) is 0 Å². The maximum absolute atomic E-state index is 8.76. The molecule has 0 spiro atoms. The van der Waals surface area contributed by atoms with Gasteiger partial charge in [-0.25, -0.2) is 0 Å². The molecule has 1 aliphatic rings. The monoisotopic (exact) mass is 200 g/mol. The standard InChI is InChI=1S/C11H24N2O/c1-12-10-4-6-11(7-5-10)13(2)8-3-9-14/h10-12,14H,3-9H2,1-2H3. The summed E-state index contributed by atoms with van der Waals surface area (Å²) in [6.07, 6.45) is 6.10. The number of aliphatic hydroxyl groups is 1. The van der Waals surface area contributed by atoms with Gasteiger partial charge >= 0.3 is 0 Å². The second-order valence-electron chi connectivity index (χ2n) is 4.35. The van der Waals surface area contributed by atoms with Crippen LogP contribution in [0.2, 0.25) is 0 Å². The second-order valence-corrected chi connectivity index (χ2v) is 4.35. The molecule has 84 valence electrons. The van der Waals surface area contributed by atoms with Crippen LogP contribution in [0.4, 0.5) is 0 Å². The summed E-state index contributed by atoms with van der Waals surface area (Å²) in [5.41, 5.74) is 0. The van der Waals surface area contributed by atoms with E-state index in [1.165, 1.54) is 25.7 Å². The minimum absolute atomic E-state index is 0.316. The molecule has 0 aromatic carbocycles. The Balaban J connectivity index is 2.19. The molecular formula is C11H24N2O. The molecule has 0 amide bonds. The van der Waals surface area contributed by atoms with Crippen LogP contribution in [0.25, 0.3) is 0 Å². The van der Waals surface area contributed by atoms with Crippen molar-refractivity contribution in [2.24, 2.45) is 0 Å². The van der Waals surface area contributed by atoms with Gasteiger partial charge in [0.05, 0.1) is 0 Å². The van der Waals surface area contributed by atoms with Gasteiger partial charge in [-0.1, -0.05) is 0 Å². The molecule has 0 aromatic rings. The quantitative estimate of drug-likeness (QED) is 0.690. The van der Waals surface area contributed by atoms with Crippen molar-refractivity contribution in [1.29, 1.82) is 0 Å². The molecule has 3 heteroatoms. The van der Waals surface area contributed by atoms with Gasteiger partial charge in [-0.15, -0.1) is 0 Å². The van der Waals surface area contributed by atoms with Gasteiger partial charge in [-0.05, 0) is 46.2 Å². The molecule has 0 bridgehead atoms. The Kier molecular flexibility index (Phi) is 5.45. The summed E-state index contributed by atoms with van der Waals surface area (Å²) in [6.45, 7) is 1.35. The fourth-order valence-electron chi connectivity index (χ4n) is 2.31. The average Bonchev–Trinajstić information content (AvgIpc) is 2.26. The van der Waals surface area contributed by atoms with Crippen molar-refractivity contribution >= 4 is 0 Å². The molecule has 0 heterocycles. The number of nitrogens with zero attached hydrogens (tertiary/aromatic N) is 1. The molecule has 1 fully saturated rings. The zero-order chi connectivity index (χ0) is 10.4. The highest BCUT2D eigenvalue weighted by atomic mass is 16.3. The van der Waals surface area contributed by atoms with E-state index in [0.29, 0.717) is 6.61 Å². The lowest BCUT2D eigenvalue weighted by Crippen LogP contribution is -2.40. The number of hydrogen-bond donors (Lipinski definition) is 2. The fraction of sp³-hybridized carbons (Fsp3) is 1.00. The molecule has 3 nitrogen and oxygen atoms in total. The molecule has 1 rings (SSSR count). The highest BCUT2D eigenvalue weighted by molar-refractivity contribution is 4.80. The van der Waals surface area contributed by atoms with Crippen LogP contribution < -0.4 is 5.32 Å². The van der Waals surface area contributed by atoms with Gasteiger partial charge in [0.25, 0.3) is 0 Å². The lowest BCUT2D eigenvalue weighted by Gasteiger charge is -2.34. The zero-order valence-corrected chi connectivity index (χ0v) is 9.50. The van der Waals surface area contributed by atoms with E-state index in [-0.39, 0.29) is 0 Å². The van der Waals surface area contributed by atoms with E-state index in [4.69, 9.17) is 5.11 Å². The number of nitrogens with one attached hydrogen (secondary N) is 1. The summed E-state index contributed by atoms with van der Waals surface area (Å²) in [7, 11) is 4.24. The minimum atomic E-state index is 0.316. The Morgan fingerprint density at radius 2 is 1.93 bits per heavy atom.